The van der Waals surface area contributed by atoms with E-state index in [-0.39, 0.29) is 29.6 Å². The van der Waals surface area contributed by atoms with Gasteiger partial charge >= 0.3 is 0 Å². The third kappa shape index (κ3) is 84.4. The Morgan fingerprint density at radius 2 is 1.17 bits per heavy atom. The van der Waals surface area contributed by atoms with Crippen LogP contribution in [0.1, 0.15) is 20.8 Å². The van der Waals surface area contributed by atoms with Crippen LogP contribution in [0.2, 0.25) is 0 Å². The molecular weight excluding hydrogens is 87.0 g/mol. The van der Waals surface area contributed by atoms with Crippen LogP contribution in [0.4, 0.5) is 0 Å². The Labute approximate surface area is 61.0 Å². The van der Waals surface area contributed by atoms with Crippen molar-refractivity contribution in [1.82, 2.24) is 0 Å². The van der Waals surface area contributed by atoms with E-state index in [1.165, 1.54) is 0 Å². The van der Waals surface area contributed by atoms with E-state index in [1.807, 2.05) is 0 Å². The summed E-state index contributed by atoms with van der Waals surface area (Å²) in [6.07, 6.45) is 0. The Kier molecular flexibility index (Phi) is 5.07. The third-order valence-electron chi connectivity index (χ3n) is 0. The minimum absolute atomic E-state index is 0. The molecule has 0 unspecified atom stereocenters. The minimum atomic E-state index is -0.500. The zero-order valence-corrected chi connectivity index (χ0v) is 6.95. The summed E-state index contributed by atoms with van der Waals surface area (Å²) in [4.78, 5) is 0. The van der Waals surface area contributed by atoms with Gasteiger partial charge in [-0.25, -0.2) is 0 Å². The quantitative estimate of drug-likeness (QED) is 0.434. The van der Waals surface area contributed by atoms with E-state index < -0.39 is 5.60 Å². The molecule has 0 saturated carbocycles. The molecule has 0 saturated heterocycles. The second-order valence-electron chi connectivity index (χ2n) is 2.17. The van der Waals surface area contributed by atoms with Crippen molar-refractivity contribution in [1.29, 1.82) is 0 Å². The number of rotatable bonds is 0. The molecular formula is C4H10NaO. The van der Waals surface area contributed by atoms with Crippen molar-refractivity contribution in [3.8, 4) is 0 Å². The molecule has 6 heavy (non-hydrogen) atoms. The van der Waals surface area contributed by atoms with Gasteiger partial charge in [-0.15, -0.1) is 0 Å². The van der Waals surface area contributed by atoms with Gasteiger partial charge in [0.15, 0.2) is 0 Å². The molecule has 0 aliphatic carbocycles. The maximum Gasteiger partial charge on any atom is 0.0563 e. The molecule has 0 aliphatic rings. The van der Waals surface area contributed by atoms with Crippen molar-refractivity contribution < 1.29 is 5.11 Å². The molecule has 0 atom stereocenters. The van der Waals surface area contributed by atoms with Gasteiger partial charge in [0.1, 0.15) is 0 Å². The van der Waals surface area contributed by atoms with Gasteiger partial charge in [-0.3, -0.25) is 0 Å². The van der Waals surface area contributed by atoms with Crippen LogP contribution in [-0.2, 0) is 0 Å². The Hall–Kier alpha value is 0.960. The third-order valence-corrected chi connectivity index (χ3v) is 0. The molecule has 1 N–H and O–H groups in total. The van der Waals surface area contributed by atoms with Crippen LogP contribution in [0.15, 0.2) is 0 Å². The molecule has 2 heteroatoms. The number of aliphatic hydroxyl groups is 1. The van der Waals surface area contributed by atoms with Crippen LogP contribution in [0, 0.1) is 0 Å². The average Bonchev–Trinajstić information content (AvgIpc) is 0.722. The molecule has 33 valence electrons. The molecule has 0 amide bonds. The van der Waals surface area contributed by atoms with E-state index in [0.29, 0.717) is 0 Å². The van der Waals surface area contributed by atoms with Crippen LogP contribution < -0.4 is 0 Å². The summed E-state index contributed by atoms with van der Waals surface area (Å²) in [6, 6.07) is 0. The molecule has 0 aromatic carbocycles. The van der Waals surface area contributed by atoms with Crippen LogP contribution in [0.5, 0.6) is 0 Å². The Bertz CT molecular complexity index is 23.0. The van der Waals surface area contributed by atoms with Gasteiger partial charge in [0.05, 0.1) is 5.60 Å². The van der Waals surface area contributed by atoms with Gasteiger partial charge in [-0.1, -0.05) is 0 Å². The maximum atomic E-state index is 8.52. The van der Waals surface area contributed by atoms with Crippen LogP contribution >= 0.6 is 0 Å². The molecule has 0 aromatic rings. The fraction of sp³-hybridized carbons (Fsp3) is 1.00. The first-order valence-electron chi connectivity index (χ1n) is 1.72. The van der Waals surface area contributed by atoms with Crippen LogP contribution in [0.3, 0.4) is 0 Å². The first-order chi connectivity index (χ1) is 2.00. The molecule has 0 heterocycles. The maximum absolute atomic E-state index is 8.52. The van der Waals surface area contributed by atoms with Crippen molar-refractivity contribution in [3.05, 3.63) is 0 Å². The van der Waals surface area contributed by atoms with Gasteiger partial charge in [0.2, 0.25) is 0 Å². The van der Waals surface area contributed by atoms with Gasteiger partial charge < -0.3 is 5.11 Å². The summed E-state index contributed by atoms with van der Waals surface area (Å²) in [6.45, 7) is 5.23. The van der Waals surface area contributed by atoms with Crippen molar-refractivity contribution in [2.24, 2.45) is 0 Å². The second kappa shape index (κ2) is 3.03. The molecule has 0 rings (SSSR count). The molecule has 0 spiro atoms. The zero-order chi connectivity index (χ0) is 4.50. The molecule has 1 radical (unpaired) electrons. The second-order valence-corrected chi connectivity index (χ2v) is 2.17. The molecule has 1 nitrogen and oxygen atoms in total. The predicted molar refractivity (Wildman–Crippen MR) is 27.7 cm³/mol. The van der Waals surface area contributed by atoms with Crippen molar-refractivity contribution >= 4 is 29.6 Å². The van der Waals surface area contributed by atoms with Gasteiger partial charge in [-0.2, -0.15) is 0 Å². The van der Waals surface area contributed by atoms with E-state index >= 15 is 0 Å². The number of hydrogen-bond acceptors (Lipinski definition) is 1. The van der Waals surface area contributed by atoms with Gasteiger partial charge in [0.25, 0.3) is 0 Å². The Morgan fingerprint density at radius 3 is 1.17 bits per heavy atom. The average molecular weight is 97.1 g/mol. The summed E-state index contributed by atoms with van der Waals surface area (Å²) in [5.74, 6) is 0. The predicted octanol–water partition coefficient (Wildman–Crippen LogP) is 0.396. The summed E-state index contributed by atoms with van der Waals surface area (Å²) < 4.78 is 0. The molecule has 0 bridgehead atoms. The monoisotopic (exact) mass is 97.1 g/mol. The normalized spacial score (nSPS) is 10.0. The Balaban J connectivity index is 0. The van der Waals surface area contributed by atoms with E-state index in [2.05, 4.69) is 0 Å². The van der Waals surface area contributed by atoms with Crippen LogP contribution in [0.25, 0.3) is 0 Å². The first kappa shape index (κ1) is 10.0. The topological polar surface area (TPSA) is 20.2 Å². The van der Waals surface area contributed by atoms with Crippen molar-refractivity contribution in [2.75, 3.05) is 0 Å². The largest absolute Gasteiger partial charge is 0.391 e. The minimum Gasteiger partial charge on any atom is -0.391 e. The smallest absolute Gasteiger partial charge is 0.0563 e. The standard InChI is InChI=1S/C4H10O.Na/c1-4(2,3)5;/h5H,1-3H3;. The van der Waals surface area contributed by atoms with Crippen LogP contribution in [-0.4, -0.2) is 40.3 Å². The number of hydrogen-bond donors (Lipinski definition) is 1. The fourth-order valence-corrected chi connectivity index (χ4v) is 0. The summed E-state index contributed by atoms with van der Waals surface area (Å²) in [5, 5.41) is 8.52. The summed E-state index contributed by atoms with van der Waals surface area (Å²) in [7, 11) is 0. The molecule has 0 fully saturated rings. The van der Waals surface area contributed by atoms with E-state index in [9.17, 15) is 0 Å². The summed E-state index contributed by atoms with van der Waals surface area (Å²) >= 11 is 0. The molecule has 0 aliphatic heterocycles. The van der Waals surface area contributed by atoms with Crippen molar-refractivity contribution in [3.63, 3.8) is 0 Å². The Morgan fingerprint density at radius 1 is 1.17 bits per heavy atom. The SMILES string of the molecule is CC(C)(C)O.[Na]. The zero-order valence-electron chi connectivity index (χ0n) is 4.95. The summed E-state index contributed by atoms with van der Waals surface area (Å²) in [5.41, 5.74) is -0.500. The van der Waals surface area contributed by atoms with E-state index in [0.717, 1.165) is 0 Å². The molecule has 0 aromatic heterocycles. The van der Waals surface area contributed by atoms with E-state index in [1.54, 1.807) is 20.8 Å². The first-order valence-corrected chi connectivity index (χ1v) is 1.72. The van der Waals surface area contributed by atoms with Gasteiger partial charge in [-0.05, 0) is 20.8 Å². The van der Waals surface area contributed by atoms with Crippen molar-refractivity contribution in [2.45, 2.75) is 26.4 Å². The van der Waals surface area contributed by atoms with Gasteiger partial charge in [0, 0.05) is 29.6 Å². The van der Waals surface area contributed by atoms with E-state index in [4.69, 9.17) is 5.11 Å². The fourth-order valence-electron chi connectivity index (χ4n) is 0.